The van der Waals surface area contributed by atoms with Gasteiger partial charge in [0.15, 0.2) is 0 Å². The van der Waals surface area contributed by atoms with Gasteiger partial charge in [-0.1, -0.05) is 66.5 Å². The van der Waals surface area contributed by atoms with Gasteiger partial charge in [0.1, 0.15) is 5.70 Å². The minimum Gasteiger partial charge on any atom is -0.478 e. The van der Waals surface area contributed by atoms with Gasteiger partial charge in [-0.3, -0.25) is 14.4 Å². The number of carboxylic acids is 1. The van der Waals surface area contributed by atoms with Crippen LogP contribution in [0.15, 0.2) is 102 Å². The normalized spacial score (nSPS) is 11.8. The van der Waals surface area contributed by atoms with Crippen molar-refractivity contribution in [3.05, 3.63) is 129 Å². The number of hydrogen-bond donors (Lipinski definition) is 4. The van der Waals surface area contributed by atoms with Gasteiger partial charge in [-0.15, -0.1) is 11.8 Å². The summed E-state index contributed by atoms with van der Waals surface area (Å²) in [5.74, 6) is -2.48. The van der Waals surface area contributed by atoms with Crippen LogP contribution in [0, 0.1) is 6.92 Å². The molecule has 4 rings (SSSR count). The second-order valence-electron chi connectivity index (χ2n) is 9.83. The maximum Gasteiger partial charge on any atom is 0.335 e. The number of anilines is 2. The number of thioether (sulfide) groups is 1. The van der Waals surface area contributed by atoms with Crippen LogP contribution in [0.25, 0.3) is 6.08 Å². The molecule has 0 heterocycles. The molecule has 0 aromatic heterocycles. The van der Waals surface area contributed by atoms with Crippen LogP contribution in [-0.4, -0.2) is 34.0 Å². The van der Waals surface area contributed by atoms with Crippen molar-refractivity contribution >= 4 is 76.1 Å². The Morgan fingerprint density at radius 3 is 2.20 bits per heavy atom. The predicted octanol–water partition coefficient (Wildman–Crippen LogP) is 7.92. The second-order valence-corrected chi connectivity index (χ2v) is 11.9. The van der Waals surface area contributed by atoms with Gasteiger partial charge in [-0.05, 0) is 79.6 Å². The van der Waals surface area contributed by atoms with E-state index in [1.807, 2.05) is 13.0 Å². The van der Waals surface area contributed by atoms with E-state index in [0.717, 1.165) is 5.56 Å². The third-order valence-electron chi connectivity index (χ3n) is 6.59. The zero-order valence-corrected chi connectivity index (χ0v) is 26.6. The number of aromatic carboxylic acids is 1. The molecule has 0 saturated carbocycles. The van der Waals surface area contributed by atoms with E-state index in [1.54, 1.807) is 79.7 Å². The fraction of sp³-hybridized carbons (Fsp3) is 0.118. The monoisotopic (exact) mass is 661 g/mol. The van der Waals surface area contributed by atoms with Crippen LogP contribution in [0.2, 0.25) is 10.0 Å². The SMILES string of the molecule is CCC(Sc1cccc(NC(=O)/C(=C\c2c(Cl)cccc2Cl)NC(=O)c2ccccc2)c1)C(=O)Nc1cc(C(=O)O)ccc1C. The predicted molar refractivity (Wildman–Crippen MR) is 180 cm³/mol. The summed E-state index contributed by atoms with van der Waals surface area (Å²) in [5, 5.41) is 17.7. The lowest BCUT2D eigenvalue weighted by molar-refractivity contribution is -0.116. The lowest BCUT2D eigenvalue weighted by Crippen LogP contribution is -2.30. The fourth-order valence-electron chi connectivity index (χ4n) is 4.17. The number of benzene rings is 4. The largest absolute Gasteiger partial charge is 0.478 e. The summed E-state index contributed by atoms with van der Waals surface area (Å²) in [6.45, 7) is 3.65. The highest BCUT2D eigenvalue weighted by Crippen LogP contribution is 2.30. The molecule has 0 aliphatic heterocycles. The van der Waals surface area contributed by atoms with E-state index < -0.39 is 23.0 Å². The number of nitrogens with one attached hydrogen (secondary N) is 3. The Morgan fingerprint density at radius 2 is 1.53 bits per heavy atom. The van der Waals surface area contributed by atoms with E-state index >= 15 is 0 Å². The standard InChI is InChI=1S/C34H29Cl2N3O5S/c1-3-30(33(42)38-28-17-22(34(43)44)16-15-20(28)2)45-24-12-7-11-23(18-24)37-32(41)29(19-25-26(35)13-8-14-27(25)36)39-31(40)21-9-5-4-6-10-21/h4-19,30H,3H2,1-2H3,(H,37,41)(H,38,42)(H,39,40)(H,43,44)/b29-19+. The molecule has 0 fully saturated rings. The molecule has 1 atom stereocenters. The highest BCUT2D eigenvalue weighted by molar-refractivity contribution is 8.00. The molecule has 0 aliphatic rings. The van der Waals surface area contributed by atoms with Crippen molar-refractivity contribution in [3.8, 4) is 0 Å². The van der Waals surface area contributed by atoms with E-state index in [9.17, 15) is 24.3 Å². The van der Waals surface area contributed by atoms with Crippen molar-refractivity contribution in [1.29, 1.82) is 0 Å². The van der Waals surface area contributed by atoms with Crippen LogP contribution >= 0.6 is 35.0 Å². The number of hydrogen-bond acceptors (Lipinski definition) is 5. The van der Waals surface area contributed by atoms with Crippen LogP contribution in [-0.2, 0) is 9.59 Å². The molecule has 0 aliphatic carbocycles. The van der Waals surface area contributed by atoms with E-state index in [4.69, 9.17) is 23.2 Å². The fourth-order valence-corrected chi connectivity index (χ4v) is 5.69. The van der Waals surface area contributed by atoms with Gasteiger partial charge < -0.3 is 21.1 Å². The van der Waals surface area contributed by atoms with E-state index in [0.29, 0.717) is 43.9 Å². The molecular weight excluding hydrogens is 633 g/mol. The van der Waals surface area contributed by atoms with Crippen molar-refractivity contribution in [2.45, 2.75) is 30.4 Å². The first-order chi connectivity index (χ1) is 21.5. The maximum atomic E-state index is 13.5. The smallest absolute Gasteiger partial charge is 0.335 e. The number of carboxylic acid groups (broad SMARTS) is 1. The van der Waals surface area contributed by atoms with Gasteiger partial charge in [-0.2, -0.15) is 0 Å². The van der Waals surface area contributed by atoms with Gasteiger partial charge in [0.2, 0.25) is 5.91 Å². The third kappa shape index (κ3) is 8.98. The molecule has 3 amide bonds. The number of aryl methyl sites for hydroxylation is 1. The van der Waals surface area contributed by atoms with Crippen LogP contribution < -0.4 is 16.0 Å². The number of carbonyl (C=O) groups is 4. The zero-order valence-electron chi connectivity index (χ0n) is 24.3. The summed E-state index contributed by atoms with van der Waals surface area (Å²) in [6.07, 6.45) is 1.90. The molecule has 0 bridgehead atoms. The quantitative estimate of drug-likeness (QED) is 0.0956. The second kappa shape index (κ2) is 15.4. The summed E-state index contributed by atoms with van der Waals surface area (Å²) >= 11 is 14.0. The Hall–Kier alpha value is -4.57. The first-order valence-electron chi connectivity index (χ1n) is 13.8. The molecule has 1 unspecified atom stereocenters. The summed E-state index contributed by atoms with van der Waals surface area (Å²) in [5.41, 5.74) is 2.30. The Balaban J connectivity index is 1.53. The number of amides is 3. The lowest BCUT2D eigenvalue weighted by atomic mass is 10.1. The Kier molecular flexibility index (Phi) is 11.4. The first kappa shape index (κ1) is 33.3. The first-order valence-corrected chi connectivity index (χ1v) is 15.4. The Bertz CT molecular complexity index is 1760. The van der Waals surface area contributed by atoms with Gasteiger partial charge in [0, 0.05) is 37.4 Å². The van der Waals surface area contributed by atoms with Crippen molar-refractivity contribution < 1.29 is 24.3 Å². The van der Waals surface area contributed by atoms with Crippen LogP contribution in [0.5, 0.6) is 0 Å². The molecule has 0 radical (unpaired) electrons. The zero-order chi connectivity index (χ0) is 32.5. The summed E-state index contributed by atoms with van der Waals surface area (Å²) in [6, 6.07) is 24.9. The molecule has 4 aromatic rings. The minimum atomic E-state index is -1.08. The molecule has 230 valence electrons. The van der Waals surface area contributed by atoms with Crippen molar-refractivity contribution in [2.24, 2.45) is 0 Å². The van der Waals surface area contributed by atoms with Crippen molar-refractivity contribution in [2.75, 3.05) is 10.6 Å². The number of carbonyl (C=O) groups excluding carboxylic acids is 3. The molecule has 0 saturated heterocycles. The van der Waals surface area contributed by atoms with Crippen LogP contribution in [0.3, 0.4) is 0 Å². The summed E-state index contributed by atoms with van der Waals surface area (Å²) in [7, 11) is 0. The molecule has 45 heavy (non-hydrogen) atoms. The molecular formula is C34H29Cl2N3O5S. The van der Waals surface area contributed by atoms with Crippen molar-refractivity contribution in [1.82, 2.24) is 5.32 Å². The number of halogens is 2. The van der Waals surface area contributed by atoms with Gasteiger partial charge in [0.25, 0.3) is 11.8 Å². The summed E-state index contributed by atoms with van der Waals surface area (Å²) < 4.78 is 0. The van der Waals surface area contributed by atoms with Gasteiger partial charge in [0.05, 0.1) is 10.8 Å². The Morgan fingerprint density at radius 1 is 0.844 bits per heavy atom. The molecule has 11 heteroatoms. The van der Waals surface area contributed by atoms with Gasteiger partial charge in [-0.25, -0.2) is 4.79 Å². The molecule has 8 nitrogen and oxygen atoms in total. The van der Waals surface area contributed by atoms with Crippen LogP contribution in [0.4, 0.5) is 11.4 Å². The highest BCUT2D eigenvalue weighted by atomic mass is 35.5. The minimum absolute atomic E-state index is 0.0743. The number of rotatable bonds is 11. The van der Waals surface area contributed by atoms with Gasteiger partial charge >= 0.3 is 5.97 Å². The molecule has 4 aromatic carbocycles. The summed E-state index contributed by atoms with van der Waals surface area (Å²) in [4.78, 5) is 51.8. The van der Waals surface area contributed by atoms with Crippen molar-refractivity contribution in [3.63, 3.8) is 0 Å². The maximum absolute atomic E-state index is 13.5. The average Bonchev–Trinajstić information content (AvgIpc) is 3.02. The van der Waals surface area contributed by atoms with E-state index in [-0.39, 0.29) is 17.2 Å². The topological polar surface area (TPSA) is 125 Å². The average molecular weight is 663 g/mol. The highest BCUT2D eigenvalue weighted by Gasteiger charge is 2.21. The molecule has 0 spiro atoms. The lowest BCUT2D eigenvalue weighted by Gasteiger charge is -2.17. The Labute approximate surface area is 274 Å². The molecule has 4 N–H and O–H groups in total. The van der Waals surface area contributed by atoms with Crippen LogP contribution in [0.1, 0.15) is 45.2 Å². The van der Waals surface area contributed by atoms with E-state index in [1.165, 1.54) is 30.0 Å². The van der Waals surface area contributed by atoms with E-state index in [2.05, 4.69) is 16.0 Å². The third-order valence-corrected chi connectivity index (χ3v) is 8.61.